The molecule has 3 rings (SSSR count). The average molecular weight is 320 g/mol. The minimum atomic E-state index is -1.26. The first-order valence-electron chi connectivity index (χ1n) is 6.82. The zero-order valence-corrected chi connectivity index (χ0v) is 11.8. The van der Waals surface area contributed by atoms with Crippen molar-refractivity contribution in [1.29, 1.82) is 5.26 Å². The minimum Gasteiger partial charge on any atom is -0.324 e. The molecule has 0 spiro atoms. The van der Waals surface area contributed by atoms with Crippen molar-refractivity contribution in [2.24, 2.45) is 0 Å². The van der Waals surface area contributed by atoms with E-state index < -0.39 is 23.4 Å². The molecule has 1 aromatic carbocycles. The van der Waals surface area contributed by atoms with Crippen LogP contribution in [0.4, 0.5) is 13.2 Å². The molecule has 8 heteroatoms. The summed E-state index contributed by atoms with van der Waals surface area (Å²) in [6.07, 6.45) is 2.85. The number of aromatic nitrogens is 2. The largest absolute Gasteiger partial charge is 0.324 e. The van der Waals surface area contributed by atoms with Gasteiger partial charge in [-0.25, -0.2) is 18.2 Å². The van der Waals surface area contributed by atoms with E-state index in [1.165, 1.54) is 17.4 Å². The standard InChI is InChI=1S/C15H11F3N4O/c16-10-2-12(15(18)13(17)3-10)9-1-14(23)22(5-9)8-21-6-11(4-19)20-7-21/h2-3,6-7,9H,1,5,8H2. The third kappa shape index (κ3) is 2.90. The molecule has 0 radical (unpaired) electrons. The van der Waals surface area contributed by atoms with Crippen LogP contribution in [-0.2, 0) is 11.5 Å². The van der Waals surface area contributed by atoms with Gasteiger partial charge < -0.3 is 9.47 Å². The van der Waals surface area contributed by atoms with Crippen LogP contribution in [0.1, 0.15) is 23.6 Å². The second-order valence-electron chi connectivity index (χ2n) is 5.33. The molecule has 1 saturated heterocycles. The van der Waals surface area contributed by atoms with Gasteiger partial charge in [-0.3, -0.25) is 4.79 Å². The summed E-state index contributed by atoms with van der Waals surface area (Å²) in [5.41, 5.74) is 0.0770. The molecule has 0 bridgehead atoms. The zero-order valence-electron chi connectivity index (χ0n) is 11.8. The molecule has 118 valence electrons. The lowest BCUT2D eigenvalue weighted by atomic mass is 9.97. The van der Waals surface area contributed by atoms with E-state index in [-0.39, 0.29) is 36.8 Å². The molecule has 1 fully saturated rings. The predicted octanol–water partition coefficient (Wildman–Crippen LogP) is 2.15. The van der Waals surface area contributed by atoms with Crippen molar-refractivity contribution in [2.45, 2.75) is 19.0 Å². The van der Waals surface area contributed by atoms with Gasteiger partial charge in [0.1, 0.15) is 11.9 Å². The Hall–Kier alpha value is -2.82. The molecular weight excluding hydrogens is 309 g/mol. The number of likely N-dealkylation sites (tertiary alicyclic amines) is 1. The highest BCUT2D eigenvalue weighted by Gasteiger charge is 2.33. The summed E-state index contributed by atoms with van der Waals surface area (Å²) in [6.45, 7) is 0.280. The van der Waals surface area contributed by atoms with Crippen LogP contribution in [0.2, 0.25) is 0 Å². The predicted molar refractivity (Wildman–Crippen MR) is 72.3 cm³/mol. The minimum absolute atomic E-state index is 0.0282. The van der Waals surface area contributed by atoms with Crippen molar-refractivity contribution in [3.05, 3.63) is 53.4 Å². The average Bonchev–Trinajstić information content (AvgIpc) is 3.10. The fraction of sp³-hybridized carbons (Fsp3) is 0.267. The molecule has 23 heavy (non-hydrogen) atoms. The first kappa shape index (κ1) is 15.1. The highest BCUT2D eigenvalue weighted by atomic mass is 19.2. The van der Waals surface area contributed by atoms with Crippen molar-refractivity contribution < 1.29 is 18.0 Å². The maximum Gasteiger partial charge on any atom is 0.224 e. The number of carbonyl (C=O) groups excluding carboxylic acids is 1. The maximum atomic E-state index is 13.8. The number of hydrogen-bond donors (Lipinski definition) is 0. The number of amides is 1. The number of hydrogen-bond acceptors (Lipinski definition) is 3. The van der Waals surface area contributed by atoms with Crippen LogP contribution in [0.5, 0.6) is 0 Å². The van der Waals surface area contributed by atoms with Crippen molar-refractivity contribution in [3.63, 3.8) is 0 Å². The highest BCUT2D eigenvalue weighted by Crippen LogP contribution is 2.31. The molecule has 2 aromatic rings. The van der Waals surface area contributed by atoms with Gasteiger partial charge in [0.05, 0.1) is 13.0 Å². The van der Waals surface area contributed by atoms with E-state index in [2.05, 4.69) is 4.98 Å². The molecule has 2 heterocycles. The maximum absolute atomic E-state index is 13.8. The summed E-state index contributed by atoms with van der Waals surface area (Å²) in [6, 6.07) is 3.27. The van der Waals surface area contributed by atoms with Crippen LogP contribution < -0.4 is 0 Å². The van der Waals surface area contributed by atoms with Gasteiger partial charge in [0.25, 0.3) is 0 Å². The number of halogens is 3. The number of nitriles is 1. The molecular formula is C15H11F3N4O. The van der Waals surface area contributed by atoms with Crippen molar-refractivity contribution in [3.8, 4) is 6.07 Å². The summed E-state index contributed by atoms with van der Waals surface area (Å²) in [5.74, 6) is -4.14. The fourth-order valence-electron chi connectivity index (χ4n) is 2.68. The van der Waals surface area contributed by atoms with E-state index in [9.17, 15) is 18.0 Å². The van der Waals surface area contributed by atoms with E-state index >= 15 is 0 Å². The van der Waals surface area contributed by atoms with Gasteiger partial charge in [0.15, 0.2) is 17.3 Å². The van der Waals surface area contributed by atoms with Crippen LogP contribution in [0.3, 0.4) is 0 Å². The van der Waals surface area contributed by atoms with Gasteiger partial charge in [0, 0.05) is 31.1 Å². The van der Waals surface area contributed by atoms with Crippen LogP contribution in [0.15, 0.2) is 24.7 Å². The van der Waals surface area contributed by atoms with Crippen molar-refractivity contribution in [1.82, 2.24) is 14.5 Å². The second-order valence-corrected chi connectivity index (χ2v) is 5.33. The molecule has 1 aromatic heterocycles. The molecule has 1 amide bonds. The van der Waals surface area contributed by atoms with Gasteiger partial charge in [0.2, 0.25) is 5.91 Å². The number of benzene rings is 1. The molecule has 1 unspecified atom stereocenters. The van der Waals surface area contributed by atoms with E-state index in [4.69, 9.17) is 5.26 Å². The summed E-state index contributed by atoms with van der Waals surface area (Å²) >= 11 is 0. The number of carbonyl (C=O) groups is 1. The summed E-state index contributed by atoms with van der Waals surface area (Å²) < 4.78 is 42.0. The van der Waals surface area contributed by atoms with Crippen LogP contribution >= 0.6 is 0 Å². The van der Waals surface area contributed by atoms with Gasteiger partial charge in [-0.05, 0) is 11.6 Å². The van der Waals surface area contributed by atoms with E-state index in [1.807, 2.05) is 6.07 Å². The number of nitrogens with zero attached hydrogens (tertiary/aromatic N) is 4. The van der Waals surface area contributed by atoms with Gasteiger partial charge in [-0.15, -0.1) is 0 Å². The van der Waals surface area contributed by atoms with Crippen molar-refractivity contribution in [2.75, 3.05) is 6.54 Å². The van der Waals surface area contributed by atoms with Gasteiger partial charge in [-0.2, -0.15) is 5.26 Å². The Balaban J connectivity index is 1.79. The lowest BCUT2D eigenvalue weighted by Crippen LogP contribution is -2.27. The quantitative estimate of drug-likeness (QED) is 0.814. The normalized spacial score (nSPS) is 17.6. The summed E-state index contributed by atoms with van der Waals surface area (Å²) in [7, 11) is 0. The number of imidazole rings is 1. The van der Waals surface area contributed by atoms with E-state index in [1.54, 1.807) is 4.57 Å². The highest BCUT2D eigenvalue weighted by molar-refractivity contribution is 5.79. The lowest BCUT2D eigenvalue weighted by Gasteiger charge is -2.17. The Morgan fingerprint density at radius 1 is 1.35 bits per heavy atom. The summed E-state index contributed by atoms with van der Waals surface area (Å²) in [5, 5.41) is 8.72. The first-order valence-corrected chi connectivity index (χ1v) is 6.82. The molecule has 0 aliphatic carbocycles. The van der Waals surface area contributed by atoms with Gasteiger partial charge in [-0.1, -0.05) is 0 Å². The zero-order chi connectivity index (χ0) is 16.6. The topological polar surface area (TPSA) is 61.9 Å². The third-order valence-corrected chi connectivity index (χ3v) is 3.76. The SMILES string of the molecule is N#Cc1cn(CN2CC(c3cc(F)cc(F)c3F)CC2=O)cn1. The van der Waals surface area contributed by atoms with Crippen LogP contribution in [0.25, 0.3) is 0 Å². The Labute approximate surface area is 129 Å². The Morgan fingerprint density at radius 2 is 2.13 bits per heavy atom. The molecule has 0 N–H and O–H groups in total. The molecule has 5 nitrogen and oxygen atoms in total. The second kappa shape index (κ2) is 5.76. The van der Waals surface area contributed by atoms with E-state index in [0.717, 1.165) is 6.07 Å². The van der Waals surface area contributed by atoms with Crippen molar-refractivity contribution >= 4 is 5.91 Å². The van der Waals surface area contributed by atoms with Crippen LogP contribution in [0, 0.1) is 28.8 Å². The fourth-order valence-corrected chi connectivity index (χ4v) is 2.68. The Kier molecular flexibility index (Phi) is 3.78. The van der Waals surface area contributed by atoms with Crippen LogP contribution in [-0.4, -0.2) is 26.9 Å². The molecule has 1 atom stereocenters. The van der Waals surface area contributed by atoms with E-state index in [0.29, 0.717) is 6.07 Å². The molecule has 1 aliphatic heterocycles. The summed E-state index contributed by atoms with van der Waals surface area (Å²) in [4.78, 5) is 17.3. The third-order valence-electron chi connectivity index (χ3n) is 3.76. The molecule has 1 aliphatic rings. The van der Waals surface area contributed by atoms with Gasteiger partial charge >= 0.3 is 0 Å². The smallest absolute Gasteiger partial charge is 0.224 e. The monoisotopic (exact) mass is 320 g/mol. The lowest BCUT2D eigenvalue weighted by molar-refractivity contribution is -0.129. The number of rotatable bonds is 3. The molecule has 0 saturated carbocycles. The Morgan fingerprint density at radius 3 is 2.83 bits per heavy atom. The Bertz CT molecular complexity index is 812. The first-order chi connectivity index (χ1) is 11.0.